The molecule has 5 heterocycles. The monoisotopic (exact) mass is 449 g/mol. The van der Waals surface area contributed by atoms with Crippen LogP contribution in [0.1, 0.15) is 73.5 Å². The molecule has 170 valence electrons. The Bertz CT molecular complexity index is 946. The van der Waals surface area contributed by atoms with Gasteiger partial charge in [0.25, 0.3) is 16.1 Å². The molecule has 2 bridgehead atoms. The topological polar surface area (TPSA) is 108 Å². The SMILES string of the molecule is O=C(NC1CC2CCC(C1)N2S(=O)(=O)N1CC2(CCNCC2)C1)c1cc(C2CC2)on1. The maximum atomic E-state index is 13.4. The highest BCUT2D eigenvalue weighted by molar-refractivity contribution is 7.86. The lowest BCUT2D eigenvalue weighted by Crippen LogP contribution is -2.66. The van der Waals surface area contributed by atoms with E-state index in [0.29, 0.717) is 37.5 Å². The van der Waals surface area contributed by atoms with Crippen LogP contribution in [0.25, 0.3) is 0 Å². The molecule has 10 heteroatoms. The summed E-state index contributed by atoms with van der Waals surface area (Å²) in [5, 5.41) is 10.4. The van der Waals surface area contributed by atoms with Crippen LogP contribution in [0.15, 0.2) is 10.6 Å². The summed E-state index contributed by atoms with van der Waals surface area (Å²) < 4.78 is 35.6. The Morgan fingerprint density at radius 3 is 2.45 bits per heavy atom. The van der Waals surface area contributed by atoms with Gasteiger partial charge in [-0.25, -0.2) is 0 Å². The number of hydrogen-bond acceptors (Lipinski definition) is 6. The van der Waals surface area contributed by atoms with Gasteiger partial charge >= 0.3 is 0 Å². The molecular formula is C21H31N5O4S. The fourth-order valence-corrected chi connectivity index (χ4v) is 8.39. The Hall–Kier alpha value is -1.49. The van der Waals surface area contributed by atoms with Crippen LogP contribution in [0.5, 0.6) is 0 Å². The summed E-state index contributed by atoms with van der Waals surface area (Å²) in [5.74, 6) is 1.00. The lowest BCUT2D eigenvalue weighted by atomic mass is 9.74. The fourth-order valence-electron chi connectivity index (χ4n) is 6.12. The zero-order valence-corrected chi connectivity index (χ0v) is 18.6. The molecule has 9 nitrogen and oxygen atoms in total. The second-order valence-electron chi connectivity index (χ2n) is 10.3. The number of amides is 1. The lowest BCUT2D eigenvalue weighted by molar-refractivity contribution is 0.0290. The molecule has 0 radical (unpaired) electrons. The smallest absolute Gasteiger partial charge is 0.282 e. The third-order valence-electron chi connectivity index (χ3n) is 8.02. The largest absolute Gasteiger partial charge is 0.360 e. The number of rotatable bonds is 5. The molecule has 1 amide bonds. The van der Waals surface area contributed by atoms with Crippen LogP contribution in [-0.4, -0.2) is 72.4 Å². The Morgan fingerprint density at radius 2 is 1.81 bits per heavy atom. The van der Waals surface area contributed by atoms with Crippen LogP contribution in [0.4, 0.5) is 0 Å². The number of carbonyl (C=O) groups excluding carboxylic acids is 1. The number of fused-ring (bicyclic) bond motifs is 2. The average Bonchev–Trinajstić information content (AvgIpc) is 3.38. The highest BCUT2D eigenvalue weighted by Crippen LogP contribution is 2.45. The van der Waals surface area contributed by atoms with Crippen molar-refractivity contribution in [3.05, 3.63) is 17.5 Å². The Morgan fingerprint density at radius 1 is 1.13 bits per heavy atom. The van der Waals surface area contributed by atoms with Crippen molar-refractivity contribution >= 4 is 16.1 Å². The van der Waals surface area contributed by atoms with E-state index in [9.17, 15) is 13.2 Å². The normalized spacial score (nSPS) is 33.4. The Kier molecular flexibility index (Phi) is 4.72. The first-order valence-corrected chi connectivity index (χ1v) is 13.1. The predicted molar refractivity (Wildman–Crippen MR) is 113 cm³/mol. The number of hydrogen-bond donors (Lipinski definition) is 2. The van der Waals surface area contributed by atoms with Crippen LogP contribution < -0.4 is 10.6 Å². The van der Waals surface area contributed by atoms with Crippen molar-refractivity contribution in [2.24, 2.45) is 5.41 Å². The summed E-state index contributed by atoms with van der Waals surface area (Å²) in [7, 11) is -3.43. The zero-order chi connectivity index (χ0) is 21.2. The van der Waals surface area contributed by atoms with Gasteiger partial charge < -0.3 is 15.2 Å². The number of piperidine rings is 2. The van der Waals surface area contributed by atoms with Crippen molar-refractivity contribution in [1.82, 2.24) is 24.4 Å². The summed E-state index contributed by atoms with van der Waals surface area (Å²) >= 11 is 0. The van der Waals surface area contributed by atoms with Gasteiger partial charge in [-0.1, -0.05) is 5.16 Å². The van der Waals surface area contributed by atoms with E-state index in [1.807, 2.05) is 0 Å². The minimum absolute atomic E-state index is 0.0234. The molecule has 5 fully saturated rings. The summed E-state index contributed by atoms with van der Waals surface area (Å²) in [6.45, 7) is 3.28. The average molecular weight is 450 g/mol. The highest BCUT2D eigenvalue weighted by atomic mass is 32.2. The van der Waals surface area contributed by atoms with Gasteiger partial charge in [-0.05, 0) is 64.5 Å². The van der Waals surface area contributed by atoms with Gasteiger partial charge in [0, 0.05) is 48.6 Å². The summed E-state index contributed by atoms with van der Waals surface area (Å²) in [4.78, 5) is 12.6. The van der Waals surface area contributed by atoms with E-state index >= 15 is 0 Å². The number of aromatic nitrogens is 1. The molecule has 0 aromatic carbocycles. The molecule has 2 N–H and O–H groups in total. The van der Waals surface area contributed by atoms with E-state index in [4.69, 9.17) is 4.52 Å². The van der Waals surface area contributed by atoms with Crippen molar-refractivity contribution in [2.45, 2.75) is 75.4 Å². The van der Waals surface area contributed by atoms with Gasteiger partial charge in [-0.3, -0.25) is 4.79 Å². The first kappa shape index (κ1) is 20.1. The van der Waals surface area contributed by atoms with Gasteiger partial charge in [0.15, 0.2) is 5.69 Å². The van der Waals surface area contributed by atoms with E-state index in [1.165, 1.54) is 0 Å². The summed E-state index contributed by atoms with van der Waals surface area (Å²) in [6.07, 6.45) is 7.39. The molecule has 2 unspecified atom stereocenters. The van der Waals surface area contributed by atoms with Gasteiger partial charge in [-0.15, -0.1) is 0 Å². The second kappa shape index (κ2) is 7.26. The first-order valence-electron chi connectivity index (χ1n) is 11.7. The van der Waals surface area contributed by atoms with Crippen LogP contribution in [0.2, 0.25) is 0 Å². The maximum Gasteiger partial charge on any atom is 0.282 e. The predicted octanol–water partition coefficient (Wildman–Crippen LogP) is 1.21. The second-order valence-corrected chi connectivity index (χ2v) is 12.1. The highest BCUT2D eigenvalue weighted by Gasteiger charge is 2.54. The van der Waals surface area contributed by atoms with Crippen molar-refractivity contribution < 1.29 is 17.7 Å². The minimum Gasteiger partial charge on any atom is -0.360 e. The Labute approximate surface area is 183 Å². The van der Waals surface area contributed by atoms with E-state index in [0.717, 1.165) is 57.4 Å². The molecule has 4 saturated heterocycles. The molecule has 1 aromatic heterocycles. The molecule has 5 aliphatic rings. The quantitative estimate of drug-likeness (QED) is 0.700. The zero-order valence-electron chi connectivity index (χ0n) is 17.8. The number of nitrogens with zero attached hydrogens (tertiary/aromatic N) is 3. The van der Waals surface area contributed by atoms with Crippen molar-refractivity contribution in [1.29, 1.82) is 0 Å². The van der Waals surface area contributed by atoms with Gasteiger partial charge in [-0.2, -0.15) is 17.0 Å². The van der Waals surface area contributed by atoms with E-state index < -0.39 is 10.2 Å². The van der Waals surface area contributed by atoms with Crippen LogP contribution in [-0.2, 0) is 10.2 Å². The third-order valence-corrected chi connectivity index (χ3v) is 10.1. The molecule has 2 atom stereocenters. The minimum atomic E-state index is -3.43. The molecule has 1 spiro atoms. The first-order chi connectivity index (χ1) is 14.9. The van der Waals surface area contributed by atoms with Crippen LogP contribution in [0, 0.1) is 5.41 Å². The fraction of sp³-hybridized carbons (Fsp3) is 0.810. The third kappa shape index (κ3) is 3.51. The van der Waals surface area contributed by atoms with Gasteiger partial charge in [0.1, 0.15) is 5.76 Å². The van der Waals surface area contributed by atoms with Crippen LogP contribution in [0.3, 0.4) is 0 Å². The van der Waals surface area contributed by atoms with E-state index in [2.05, 4.69) is 15.8 Å². The van der Waals surface area contributed by atoms with E-state index in [1.54, 1.807) is 14.7 Å². The number of carbonyl (C=O) groups is 1. The van der Waals surface area contributed by atoms with Crippen molar-refractivity contribution in [2.75, 3.05) is 26.2 Å². The van der Waals surface area contributed by atoms with Crippen molar-refractivity contribution in [3.63, 3.8) is 0 Å². The lowest BCUT2D eigenvalue weighted by Gasteiger charge is -2.53. The standard InChI is InChI=1S/C21H31N5O4S/c27-20(18-11-19(30-24-18)14-1-2-14)23-15-9-16-3-4-17(10-15)26(16)31(28,29)25-12-21(13-25)5-7-22-8-6-21/h11,14-17,22H,1-10,12-13H2,(H,23,27). The molecule has 1 aromatic rings. The Balaban J connectivity index is 1.09. The molecule has 1 aliphatic carbocycles. The van der Waals surface area contributed by atoms with Gasteiger partial charge in [0.05, 0.1) is 0 Å². The molecule has 1 saturated carbocycles. The molecule has 4 aliphatic heterocycles. The summed E-state index contributed by atoms with van der Waals surface area (Å²) in [6, 6.07) is 1.67. The van der Waals surface area contributed by atoms with E-state index in [-0.39, 0.29) is 29.4 Å². The maximum absolute atomic E-state index is 13.4. The number of nitrogens with one attached hydrogen (secondary N) is 2. The van der Waals surface area contributed by atoms with Crippen molar-refractivity contribution in [3.8, 4) is 0 Å². The van der Waals surface area contributed by atoms with Gasteiger partial charge in [0.2, 0.25) is 0 Å². The molecule has 6 rings (SSSR count). The molecule has 31 heavy (non-hydrogen) atoms. The summed E-state index contributed by atoms with van der Waals surface area (Å²) in [5.41, 5.74) is 0.512. The van der Waals surface area contributed by atoms with Crippen LogP contribution >= 0.6 is 0 Å². The molecular weight excluding hydrogens is 418 g/mol.